The Morgan fingerprint density at radius 3 is 2.53 bits per heavy atom. The molecule has 0 heterocycles. The normalized spacial score (nSPS) is 10.2. The van der Waals surface area contributed by atoms with Crippen LogP contribution in [0.15, 0.2) is 29.3 Å². The summed E-state index contributed by atoms with van der Waals surface area (Å²) >= 11 is 0. The van der Waals surface area contributed by atoms with Gasteiger partial charge >= 0.3 is 6.03 Å². The summed E-state index contributed by atoms with van der Waals surface area (Å²) in [6.45, 7) is 0. The lowest BCUT2D eigenvalue weighted by Crippen LogP contribution is -2.26. The largest absolute Gasteiger partial charge is 0.355 e. The van der Waals surface area contributed by atoms with Gasteiger partial charge in [0.15, 0.2) is 0 Å². The molecular formula is C8H8N4O3. The van der Waals surface area contributed by atoms with Gasteiger partial charge in [0.2, 0.25) is 0 Å². The minimum absolute atomic E-state index is 0.0181. The molecule has 0 unspecified atom stereocenters. The number of carbonyl (C=O) groups excluding carboxylic acids is 1. The third kappa shape index (κ3) is 3.16. The first-order valence-corrected chi connectivity index (χ1v) is 3.92. The molecule has 0 saturated heterocycles. The molecule has 0 aliphatic rings. The van der Waals surface area contributed by atoms with Crippen molar-refractivity contribution in [2.75, 3.05) is 0 Å². The third-order valence-corrected chi connectivity index (χ3v) is 1.56. The van der Waals surface area contributed by atoms with Crippen LogP contribution in [0, 0.1) is 10.1 Å². The lowest BCUT2D eigenvalue weighted by atomic mass is 10.2. The van der Waals surface area contributed by atoms with Gasteiger partial charge in [0.25, 0.3) is 5.69 Å². The van der Waals surface area contributed by atoms with Crippen LogP contribution in [-0.4, -0.2) is 17.2 Å². The highest BCUT2D eigenvalue weighted by atomic mass is 16.6. The van der Waals surface area contributed by atoms with Gasteiger partial charge in [0.05, 0.1) is 4.92 Å². The van der Waals surface area contributed by atoms with E-state index in [0.29, 0.717) is 5.56 Å². The molecule has 7 nitrogen and oxygen atoms in total. The molecule has 3 N–H and O–H groups in total. The minimum atomic E-state index is -0.687. The van der Waals surface area contributed by atoms with E-state index in [9.17, 15) is 14.9 Å². The monoisotopic (exact) mass is 208 g/mol. The van der Waals surface area contributed by atoms with Crippen LogP contribution < -0.4 is 11.3 Å². The van der Waals surface area contributed by atoms with Crippen molar-refractivity contribution in [1.82, 2.24) is 5.43 Å². The zero-order chi connectivity index (χ0) is 11.3. The maximum absolute atomic E-state index is 10.6. The van der Waals surface area contributed by atoms with Crippen molar-refractivity contribution in [3.05, 3.63) is 39.9 Å². The average Bonchev–Trinajstić information content (AvgIpc) is 2.26. The van der Waals surface area contributed by atoms with Crippen molar-refractivity contribution < 1.29 is 9.72 Å². The molecule has 0 aromatic heterocycles. The van der Waals surface area contributed by atoms with Gasteiger partial charge in [-0.2, -0.15) is 0 Å². The lowest BCUT2D eigenvalue weighted by Gasteiger charge is -1.93. The predicted molar refractivity (Wildman–Crippen MR) is 53.4 cm³/mol. The van der Waals surface area contributed by atoms with Crippen LogP contribution in [0.5, 0.6) is 0 Å². The van der Waals surface area contributed by atoms with E-state index in [1.165, 1.54) is 30.5 Å². The van der Waals surface area contributed by atoms with E-state index >= 15 is 0 Å². The van der Waals surface area contributed by atoms with E-state index in [1.54, 1.807) is 0 Å². The van der Waals surface area contributed by atoms with E-state index in [1.807, 2.05) is 5.43 Å². The number of nitrogens with zero attached hydrogens (tertiary/aromatic N) is 2. The fraction of sp³-hybridized carbons (Fsp3) is 0. The number of rotatable bonds is 2. The SMILES string of the molecule is NNC(=O)N=Cc1ccc([N+](=O)[O-])cc1. The van der Waals surface area contributed by atoms with E-state index in [2.05, 4.69) is 4.99 Å². The molecule has 0 aliphatic heterocycles. The summed E-state index contributed by atoms with van der Waals surface area (Å²) < 4.78 is 0. The van der Waals surface area contributed by atoms with Gasteiger partial charge in [-0.1, -0.05) is 0 Å². The summed E-state index contributed by atoms with van der Waals surface area (Å²) in [5.74, 6) is 4.80. The summed E-state index contributed by atoms with van der Waals surface area (Å²) in [7, 11) is 0. The van der Waals surface area contributed by atoms with Crippen molar-refractivity contribution in [3.63, 3.8) is 0 Å². The van der Waals surface area contributed by atoms with Gasteiger partial charge in [-0.3, -0.25) is 15.5 Å². The molecule has 0 aliphatic carbocycles. The molecule has 0 radical (unpaired) electrons. The molecule has 1 aromatic rings. The number of hydrogen-bond donors (Lipinski definition) is 2. The van der Waals surface area contributed by atoms with Crippen LogP contribution in [0.2, 0.25) is 0 Å². The van der Waals surface area contributed by atoms with Crippen LogP contribution in [-0.2, 0) is 0 Å². The van der Waals surface area contributed by atoms with Crippen LogP contribution in [0.25, 0.3) is 0 Å². The predicted octanol–water partition coefficient (Wildman–Crippen LogP) is 0.597. The summed E-state index contributed by atoms with van der Waals surface area (Å²) in [5, 5.41) is 10.3. The number of hydrogen-bond acceptors (Lipinski definition) is 4. The molecule has 0 saturated carbocycles. The number of aliphatic imine (C=N–C) groups is 1. The highest BCUT2D eigenvalue weighted by Gasteiger charge is 2.02. The Hall–Kier alpha value is -2.28. The van der Waals surface area contributed by atoms with Crippen molar-refractivity contribution in [3.8, 4) is 0 Å². The van der Waals surface area contributed by atoms with Gasteiger partial charge in [0.1, 0.15) is 0 Å². The molecule has 0 spiro atoms. The van der Waals surface area contributed by atoms with E-state index < -0.39 is 11.0 Å². The van der Waals surface area contributed by atoms with Crippen molar-refractivity contribution in [1.29, 1.82) is 0 Å². The highest BCUT2D eigenvalue weighted by Crippen LogP contribution is 2.10. The van der Waals surface area contributed by atoms with Gasteiger partial charge in [-0.15, -0.1) is 0 Å². The van der Waals surface area contributed by atoms with Gasteiger partial charge in [-0.25, -0.2) is 15.6 Å². The zero-order valence-corrected chi connectivity index (χ0v) is 7.58. The Morgan fingerprint density at radius 1 is 1.47 bits per heavy atom. The fourth-order valence-electron chi connectivity index (χ4n) is 0.853. The molecule has 78 valence electrons. The van der Waals surface area contributed by atoms with Gasteiger partial charge in [0, 0.05) is 18.3 Å². The van der Waals surface area contributed by atoms with Crippen molar-refractivity contribution in [2.24, 2.45) is 10.8 Å². The van der Waals surface area contributed by atoms with Crippen LogP contribution in [0.1, 0.15) is 5.56 Å². The van der Waals surface area contributed by atoms with Crippen LogP contribution in [0.4, 0.5) is 10.5 Å². The van der Waals surface area contributed by atoms with Gasteiger partial charge < -0.3 is 0 Å². The van der Waals surface area contributed by atoms with Crippen molar-refractivity contribution in [2.45, 2.75) is 0 Å². The standard InChI is InChI=1S/C8H8N4O3/c9-11-8(13)10-5-6-1-3-7(4-2-6)12(14)15/h1-5H,9H2,(H,11,13). The van der Waals surface area contributed by atoms with Crippen LogP contribution in [0.3, 0.4) is 0 Å². The zero-order valence-electron chi connectivity index (χ0n) is 7.58. The molecule has 2 amide bonds. The minimum Gasteiger partial charge on any atom is -0.274 e. The number of urea groups is 1. The second-order valence-corrected chi connectivity index (χ2v) is 2.56. The highest BCUT2D eigenvalue weighted by molar-refractivity contribution is 5.90. The summed E-state index contributed by atoms with van der Waals surface area (Å²) in [4.78, 5) is 23.8. The summed E-state index contributed by atoms with van der Waals surface area (Å²) in [6, 6.07) is 4.91. The first-order valence-electron chi connectivity index (χ1n) is 3.92. The lowest BCUT2D eigenvalue weighted by molar-refractivity contribution is -0.384. The second-order valence-electron chi connectivity index (χ2n) is 2.56. The van der Waals surface area contributed by atoms with E-state index in [-0.39, 0.29) is 5.69 Å². The third-order valence-electron chi connectivity index (χ3n) is 1.56. The number of carbonyl (C=O) groups is 1. The number of nitro benzene ring substituents is 1. The Morgan fingerprint density at radius 2 is 2.07 bits per heavy atom. The topological polar surface area (TPSA) is 111 Å². The Bertz CT molecular complexity index is 399. The smallest absolute Gasteiger partial charge is 0.274 e. The molecule has 1 aromatic carbocycles. The molecule has 15 heavy (non-hydrogen) atoms. The Balaban J connectivity index is 2.77. The number of nitro groups is 1. The Labute approximate surface area is 84.7 Å². The average molecular weight is 208 g/mol. The molecule has 0 atom stereocenters. The van der Waals surface area contributed by atoms with E-state index in [4.69, 9.17) is 5.84 Å². The molecule has 0 fully saturated rings. The molecule has 0 bridgehead atoms. The second kappa shape index (κ2) is 4.82. The summed E-state index contributed by atoms with van der Waals surface area (Å²) in [6.07, 6.45) is 1.26. The number of non-ortho nitro benzene ring substituents is 1. The van der Waals surface area contributed by atoms with Crippen LogP contribution >= 0.6 is 0 Å². The van der Waals surface area contributed by atoms with Gasteiger partial charge in [-0.05, 0) is 17.7 Å². The first kappa shape index (κ1) is 10.8. The molecule has 7 heteroatoms. The number of amides is 2. The fourth-order valence-corrected chi connectivity index (χ4v) is 0.853. The Kier molecular flexibility index (Phi) is 3.47. The maximum Gasteiger partial charge on any atom is 0.355 e. The number of nitrogens with two attached hydrogens (primary N) is 1. The first-order chi connectivity index (χ1) is 7.13. The molecule has 1 rings (SSSR count). The quantitative estimate of drug-likeness (QED) is 0.243. The summed E-state index contributed by atoms with van der Waals surface area (Å²) in [5.41, 5.74) is 2.37. The van der Waals surface area contributed by atoms with Crippen molar-refractivity contribution >= 4 is 17.9 Å². The molecular weight excluding hydrogens is 200 g/mol. The number of nitrogens with one attached hydrogen (secondary N) is 1. The number of hydrazine groups is 1. The maximum atomic E-state index is 10.6. The number of benzene rings is 1. The van der Waals surface area contributed by atoms with E-state index in [0.717, 1.165) is 0 Å².